The Morgan fingerprint density at radius 1 is 1.50 bits per heavy atom. The van der Waals surface area contributed by atoms with Crippen molar-refractivity contribution < 1.29 is 0 Å². The summed E-state index contributed by atoms with van der Waals surface area (Å²) >= 11 is 6.79. The summed E-state index contributed by atoms with van der Waals surface area (Å²) in [4.78, 5) is 11.5. The lowest BCUT2D eigenvalue weighted by Crippen LogP contribution is -1.95. The molecule has 0 saturated carbocycles. The predicted octanol–water partition coefficient (Wildman–Crippen LogP) is 2.85. The maximum Gasteiger partial charge on any atom is 0.166 e. The van der Waals surface area contributed by atoms with E-state index in [-0.39, 0.29) is 0 Å². The Hall–Kier alpha value is -1.20. The highest BCUT2D eigenvalue weighted by Crippen LogP contribution is 2.12. The third-order valence-electron chi connectivity index (χ3n) is 2.16. The van der Waals surface area contributed by atoms with E-state index in [2.05, 4.69) is 15.0 Å². The van der Waals surface area contributed by atoms with E-state index in [9.17, 15) is 0 Å². The molecule has 5 heteroatoms. The second-order valence-electron chi connectivity index (χ2n) is 3.28. The number of H-pyrrole nitrogens is 1. The van der Waals surface area contributed by atoms with Crippen LogP contribution in [0.5, 0.6) is 0 Å². The van der Waals surface area contributed by atoms with E-state index < -0.39 is 0 Å². The smallest absolute Gasteiger partial charge is 0.166 e. The van der Waals surface area contributed by atoms with Crippen LogP contribution in [0.2, 0.25) is 0 Å². The maximum atomic E-state index is 5.24. The Kier molecular flexibility index (Phi) is 3.69. The maximum absolute atomic E-state index is 5.24. The van der Waals surface area contributed by atoms with Gasteiger partial charge in [0.25, 0.3) is 0 Å². The average Bonchev–Trinajstić information content (AvgIpc) is 2.33. The topological polar surface area (TPSA) is 41.6 Å². The highest BCUT2D eigenvalue weighted by molar-refractivity contribution is 7.98. The van der Waals surface area contributed by atoms with E-state index in [1.807, 2.05) is 30.8 Å². The summed E-state index contributed by atoms with van der Waals surface area (Å²) in [5, 5.41) is 0.847. The highest BCUT2D eigenvalue weighted by atomic mass is 32.2. The molecule has 0 radical (unpaired) electrons. The van der Waals surface area contributed by atoms with Gasteiger partial charge in [-0.3, -0.25) is 4.98 Å². The quantitative estimate of drug-likeness (QED) is 0.516. The Labute approximate surface area is 103 Å². The minimum atomic E-state index is 0.659. The van der Waals surface area contributed by atoms with E-state index in [0.717, 1.165) is 22.7 Å². The van der Waals surface area contributed by atoms with Gasteiger partial charge in [0.15, 0.2) is 5.16 Å². The molecule has 16 heavy (non-hydrogen) atoms. The molecule has 0 spiro atoms. The van der Waals surface area contributed by atoms with Crippen LogP contribution in [-0.4, -0.2) is 21.2 Å². The first-order chi connectivity index (χ1) is 7.79. The lowest BCUT2D eigenvalue weighted by atomic mass is 10.1. The molecule has 3 nitrogen and oxygen atoms in total. The van der Waals surface area contributed by atoms with E-state index >= 15 is 0 Å². The van der Waals surface area contributed by atoms with E-state index in [1.54, 1.807) is 18.0 Å². The zero-order valence-corrected chi connectivity index (χ0v) is 10.4. The molecule has 0 atom stereocenters. The van der Waals surface area contributed by atoms with Gasteiger partial charge in [0.2, 0.25) is 0 Å². The van der Waals surface area contributed by atoms with Crippen LogP contribution in [0.15, 0.2) is 35.9 Å². The molecule has 2 aromatic rings. The lowest BCUT2D eigenvalue weighted by Gasteiger charge is -2.02. The van der Waals surface area contributed by atoms with Crippen LogP contribution >= 0.6 is 24.0 Å². The summed E-state index contributed by atoms with van der Waals surface area (Å²) < 4.78 is 0.659. The fourth-order valence-corrected chi connectivity index (χ4v) is 2.00. The molecule has 2 rings (SSSR count). The lowest BCUT2D eigenvalue weighted by molar-refractivity contribution is 0.922. The molecular weight excluding hydrogens is 238 g/mol. The van der Waals surface area contributed by atoms with Gasteiger partial charge < -0.3 is 4.98 Å². The molecule has 82 valence electrons. The number of hydrogen-bond donors (Lipinski definition) is 1. The first-order valence-corrected chi connectivity index (χ1v) is 6.44. The fraction of sp³-hybridized carbons (Fsp3) is 0.182. The van der Waals surface area contributed by atoms with Crippen LogP contribution in [0.3, 0.4) is 0 Å². The second kappa shape index (κ2) is 5.23. The van der Waals surface area contributed by atoms with Crippen LogP contribution in [0.25, 0.3) is 0 Å². The molecule has 1 N–H and O–H groups in total. The van der Waals surface area contributed by atoms with Gasteiger partial charge >= 0.3 is 0 Å². The SMILES string of the molecule is CSc1nc(=S)c(Cc2cccnc2)c[nH]1. The summed E-state index contributed by atoms with van der Waals surface area (Å²) in [6, 6.07) is 3.95. The van der Waals surface area contributed by atoms with Gasteiger partial charge in [-0.1, -0.05) is 30.0 Å². The van der Waals surface area contributed by atoms with Crippen LogP contribution < -0.4 is 0 Å². The van der Waals surface area contributed by atoms with Crippen molar-refractivity contribution in [3.63, 3.8) is 0 Å². The number of hydrogen-bond acceptors (Lipinski definition) is 4. The van der Waals surface area contributed by atoms with Crippen molar-refractivity contribution >= 4 is 24.0 Å². The van der Waals surface area contributed by atoms with Crippen LogP contribution in [0.4, 0.5) is 0 Å². The van der Waals surface area contributed by atoms with Gasteiger partial charge in [-0.2, -0.15) is 0 Å². The van der Waals surface area contributed by atoms with Crippen LogP contribution in [0.1, 0.15) is 11.1 Å². The Morgan fingerprint density at radius 2 is 2.38 bits per heavy atom. The van der Waals surface area contributed by atoms with Gasteiger partial charge in [-0.15, -0.1) is 0 Å². The standard InChI is InChI=1S/C11H11N3S2/c1-16-11-13-7-9(10(15)14-11)5-8-3-2-4-12-6-8/h2-4,6-7H,5H2,1H3,(H,13,14,15). The van der Waals surface area contributed by atoms with Crippen LogP contribution in [-0.2, 0) is 6.42 Å². The zero-order valence-electron chi connectivity index (χ0n) is 8.80. The summed E-state index contributed by atoms with van der Waals surface area (Å²) in [7, 11) is 0. The number of nitrogens with one attached hydrogen (secondary N) is 1. The number of nitrogens with zero attached hydrogens (tertiary/aromatic N) is 2. The molecule has 0 aliphatic carbocycles. The fourth-order valence-electron chi connectivity index (χ4n) is 1.36. The van der Waals surface area contributed by atoms with Gasteiger partial charge in [-0.05, 0) is 17.9 Å². The minimum Gasteiger partial charge on any atom is -0.341 e. The van der Waals surface area contributed by atoms with Gasteiger partial charge in [0, 0.05) is 30.6 Å². The molecule has 0 saturated heterocycles. The van der Waals surface area contributed by atoms with Crippen LogP contribution in [0, 0.1) is 4.64 Å². The highest BCUT2D eigenvalue weighted by Gasteiger charge is 2.01. The van der Waals surface area contributed by atoms with E-state index in [4.69, 9.17) is 12.2 Å². The number of aromatic amines is 1. The number of aromatic nitrogens is 3. The molecular formula is C11H11N3S2. The molecule has 0 fully saturated rings. The summed E-state index contributed by atoms with van der Waals surface area (Å²) in [6.45, 7) is 0. The summed E-state index contributed by atoms with van der Waals surface area (Å²) in [5.74, 6) is 0. The van der Waals surface area contributed by atoms with E-state index in [0.29, 0.717) is 4.64 Å². The molecule has 0 amide bonds. The Morgan fingerprint density at radius 3 is 3.00 bits per heavy atom. The van der Waals surface area contributed by atoms with E-state index in [1.165, 1.54) is 0 Å². The number of pyridine rings is 1. The van der Waals surface area contributed by atoms with Crippen molar-refractivity contribution in [2.45, 2.75) is 11.6 Å². The van der Waals surface area contributed by atoms with Crippen molar-refractivity contribution in [3.05, 3.63) is 46.5 Å². The normalized spacial score (nSPS) is 10.3. The number of rotatable bonds is 3. The summed E-state index contributed by atoms with van der Waals surface area (Å²) in [6.07, 6.45) is 8.27. The van der Waals surface area contributed by atoms with Crippen molar-refractivity contribution in [3.8, 4) is 0 Å². The monoisotopic (exact) mass is 249 g/mol. The van der Waals surface area contributed by atoms with Gasteiger partial charge in [0.05, 0.1) is 0 Å². The average molecular weight is 249 g/mol. The van der Waals surface area contributed by atoms with Crippen molar-refractivity contribution in [1.82, 2.24) is 15.0 Å². The van der Waals surface area contributed by atoms with Crippen molar-refractivity contribution in [2.75, 3.05) is 6.26 Å². The number of thioether (sulfide) groups is 1. The zero-order chi connectivity index (χ0) is 11.4. The first-order valence-electron chi connectivity index (χ1n) is 4.81. The summed E-state index contributed by atoms with van der Waals surface area (Å²) in [5.41, 5.74) is 2.17. The minimum absolute atomic E-state index is 0.659. The molecule has 0 bridgehead atoms. The molecule has 0 unspecified atom stereocenters. The van der Waals surface area contributed by atoms with Gasteiger partial charge in [0.1, 0.15) is 4.64 Å². The molecule has 2 aromatic heterocycles. The van der Waals surface area contributed by atoms with Crippen molar-refractivity contribution in [1.29, 1.82) is 0 Å². The van der Waals surface area contributed by atoms with Crippen molar-refractivity contribution in [2.24, 2.45) is 0 Å². The molecule has 0 aliphatic heterocycles. The largest absolute Gasteiger partial charge is 0.341 e. The first kappa shape index (κ1) is 11.3. The Bertz CT molecular complexity index is 522. The predicted molar refractivity (Wildman–Crippen MR) is 68.2 cm³/mol. The van der Waals surface area contributed by atoms with Gasteiger partial charge in [-0.25, -0.2) is 4.98 Å². The molecule has 2 heterocycles. The molecule has 0 aliphatic rings. The third kappa shape index (κ3) is 2.68. The Balaban J connectivity index is 2.26. The molecule has 0 aromatic carbocycles. The third-order valence-corrected chi connectivity index (χ3v) is 3.11. The second-order valence-corrected chi connectivity index (χ2v) is 4.46.